The summed E-state index contributed by atoms with van der Waals surface area (Å²) >= 11 is 0. The first-order chi connectivity index (χ1) is 10.2. The van der Waals surface area contributed by atoms with Crippen LogP contribution in [0.1, 0.15) is 11.1 Å². The molecule has 1 aromatic heterocycles. The summed E-state index contributed by atoms with van der Waals surface area (Å²) in [6.07, 6.45) is 0. The van der Waals surface area contributed by atoms with Gasteiger partial charge in [-0.25, -0.2) is 0 Å². The highest BCUT2D eigenvalue weighted by molar-refractivity contribution is 6.18. The number of hydrogen-bond donors (Lipinski definition) is 4. The fourth-order valence-corrected chi connectivity index (χ4v) is 2.33. The number of furan rings is 1. The van der Waals surface area contributed by atoms with Crippen LogP contribution < -0.4 is 11.5 Å². The average Bonchev–Trinajstić information content (AvgIpc) is 2.91. The van der Waals surface area contributed by atoms with Crippen molar-refractivity contribution < 1.29 is 14.8 Å². The molecule has 0 aliphatic carbocycles. The number of nitrogens with two attached hydrogens (primary N) is 2. The van der Waals surface area contributed by atoms with E-state index in [1.54, 1.807) is 24.3 Å². The maximum atomic E-state index is 8.85. The molecule has 106 valence electrons. The minimum Gasteiger partial charge on any atom is -0.455 e. The van der Waals surface area contributed by atoms with E-state index in [1.165, 1.54) is 0 Å². The van der Waals surface area contributed by atoms with Gasteiger partial charge in [0.1, 0.15) is 11.2 Å². The number of nitrogens with zero attached hydrogens (tertiary/aromatic N) is 2. The Morgan fingerprint density at radius 3 is 1.62 bits per heavy atom. The van der Waals surface area contributed by atoms with Crippen LogP contribution in [0.4, 0.5) is 0 Å². The van der Waals surface area contributed by atoms with Gasteiger partial charge in [0, 0.05) is 10.8 Å². The van der Waals surface area contributed by atoms with Crippen molar-refractivity contribution in [2.75, 3.05) is 0 Å². The van der Waals surface area contributed by atoms with E-state index in [4.69, 9.17) is 26.3 Å². The van der Waals surface area contributed by atoms with Gasteiger partial charge in [-0.3, -0.25) is 0 Å². The Kier molecular flexibility index (Phi) is 2.87. The highest BCUT2D eigenvalue weighted by atomic mass is 16.4. The Hall–Kier alpha value is -3.22. The van der Waals surface area contributed by atoms with Crippen LogP contribution in [0.3, 0.4) is 0 Å². The lowest BCUT2D eigenvalue weighted by Crippen LogP contribution is -2.13. The number of amidine groups is 2. The molecule has 0 aliphatic rings. The first-order valence-corrected chi connectivity index (χ1v) is 6.07. The smallest absolute Gasteiger partial charge is 0.173 e. The van der Waals surface area contributed by atoms with Crippen molar-refractivity contribution in [2.45, 2.75) is 0 Å². The zero-order valence-electron chi connectivity index (χ0n) is 10.8. The molecule has 0 saturated heterocycles. The van der Waals surface area contributed by atoms with Crippen molar-refractivity contribution in [1.82, 2.24) is 0 Å². The number of hydrogen-bond acceptors (Lipinski definition) is 5. The SMILES string of the molecule is N/C(=N\O)c1cccc2c1oc1c(/C(N)=N/O)cccc12. The minimum atomic E-state index is -0.0509. The predicted molar refractivity (Wildman–Crippen MR) is 78.7 cm³/mol. The minimum absolute atomic E-state index is 0.0509. The highest BCUT2D eigenvalue weighted by Gasteiger charge is 2.16. The fourth-order valence-electron chi connectivity index (χ4n) is 2.33. The third-order valence-electron chi connectivity index (χ3n) is 3.29. The predicted octanol–water partition coefficient (Wildman–Crippen LogP) is 1.78. The van der Waals surface area contributed by atoms with E-state index in [0.717, 1.165) is 10.8 Å². The quantitative estimate of drug-likeness (QED) is 0.246. The zero-order valence-corrected chi connectivity index (χ0v) is 10.8. The molecule has 0 bridgehead atoms. The molecule has 0 unspecified atom stereocenters. The summed E-state index contributed by atoms with van der Waals surface area (Å²) in [7, 11) is 0. The molecule has 0 spiro atoms. The monoisotopic (exact) mass is 284 g/mol. The maximum absolute atomic E-state index is 8.85. The Morgan fingerprint density at radius 2 is 1.24 bits per heavy atom. The van der Waals surface area contributed by atoms with E-state index in [2.05, 4.69) is 10.3 Å². The molecule has 0 atom stereocenters. The van der Waals surface area contributed by atoms with Gasteiger partial charge in [0.2, 0.25) is 0 Å². The third kappa shape index (κ3) is 1.83. The van der Waals surface area contributed by atoms with Crippen LogP contribution in [0.15, 0.2) is 51.1 Å². The lowest BCUT2D eigenvalue weighted by atomic mass is 10.1. The molecule has 0 fully saturated rings. The molecule has 3 aromatic rings. The van der Waals surface area contributed by atoms with E-state index in [0.29, 0.717) is 22.3 Å². The lowest BCUT2D eigenvalue weighted by Gasteiger charge is -1.98. The van der Waals surface area contributed by atoms with Crippen LogP contribution in [-0.4, -0.2) is 22.1 Å². The van der Waals surface area contributed by atoms with Crippen molar-refractivity contribution in [2.24, 2.45) is 21.8 Å². The molecule has 7 heteroatoms. The van der Waals surface area contributed by atoms with Crippen LogP contribution in [0.2, 0.25) is 0 Å². The van der Waals surface area contributed by atoms with E-state index in [1.807, 2.05) is 12.1 Å². The molecule has 1 heterocycles. The summed E-state index contributed by atoms with van der Waals surface area (Å²) in [5.74, 6) is -0.102. The van der Waals surface area contributed by atoms with Gasteiger partial charge in [-0.15, -0.1) is 0 Å². The molecule has 21 heavy (non-hydrogen) atoms. The van der Waals surface area contributed by atoms with Gasteiger partial charge in [0.05, 0.1) is 11.1 Å². The van der Waals surface area contributed by atoms with Gasteiger partial charge in [-0.2, -0.15) is 0 Å². The first kappa shape index (κ1) is 12.8. The summed E-state index contributed by atoms with van der Waals surface area (Å²) in [6, 6.07) is 10.6. The van der Waals surface area contributed by atoms with Gasteiger partial charge in [0.25, 0.3) is 0 Å². The summed E-state index contributed by atoms with van der Waals surface area (Å²) in [4.78, 5) is 0. The second-order valence-electron chi connectivity index (χ2n) is 4.44. The molecule has 0 saturated carbocycles. The Labute approximate surface area is 118 Å². The highest BCUT2D eigenvalue weighted by Crippen LogP contribution is 2.32. The summed E-state index contributed by atoms with van der Waals surface area (Å²) in [5.41, 5.74) is 13.2. The molecule has 0 amide bonds. The van der Waals surface area contributed by atoms with Crippen LogP contribution >= 0.6 is 0 Å². The van der Waals surface area contributed by atoms with Crippen LogP contribution in [0.5, 0.6) is 0 Å². The first-order valence-electron chi connectivity index (χ1n) is 6.07. The van der Waals surface area contributed by atoms with Gasteiger partial charge in [0.15, 0.2) is 11.7 Å². The van der Waals surface area contributed by atoms with Crippen molar-refractivity contribution in [3.63, 3.8) is 0 Å². The number of rotatable bonds is 2. The topological polar surface area (TPSA) is 130 Å². The molecule has 0 radical (unpaired) electrons. The van der Waals surface area contributed by atoms with Crippen molar-refractivity contribution in [1.29, 1.82) is 0 Å². The molecule has 6 N–H and O–H groups in total. The van der Waals surface area contributed by atoms with Gasteiger partial charge >= 0.3 is 0 Å². The molecule has 3 rings (SSSR count). The maximum Gasteiger partial charge on any atom is 0.173 e. The number of fused-ring (bicyclic) bond motifs is 3. The molecule has 0 aliphatic heterocycles. The van der Waals surface area contributed by atoms with E-state index in [9.17, 15) is 0 Å². The van der Waals surface area contributed by atoms with Crippen LogP contribution in [0.25, 0.3) is 21.9 Å². The Balaban J connectivity index is 2.45. The zero-order chi connectivity index (χ0) is 15.0. The van der Waals surface area contributed by atoms with Gasteiger partial charge in [-0.1, -0.05) is 34.6 Å². The van der Waals surface area contributed by atoms with Crippen LogP contribution in [-0.2, 0) is 0 Å². The number of benzene rings is 2. The summed E-state index contributed by atoms with van der Waals surface area (Å²) in [6.45, 7) is 0. The van der Waals surface area contributed by atoms with Crippen molar-refractivity contribution >= 4 is 33.6 Å². The van der Waals surface area contributed by atoms with Gasteiger partial charge in [-0.05, 0) is 12.1 Å². The van der Waals surface area contributed by atoms with E-state index < -0.39 is 0 Å². The van der Waals surface area contributed by atoms with E-state index in [-0.39, 0.29) is 11.7 Å². The lowest BCUT2D eigenvalue weighted by molar-refractivity contribution is 0.318. The van der Waals surface area contributed by atoms with Crippen molar-refractivity contribution in [3.05, 3.63) is 47.5 Å². The molecular formula is C14H12N4O3. The molecular weight excluding hydrogens is 272 g/mol. The second kappa shape index (κ2) is 4.71. The largest absolute Gasteiger partial charge is 0.455 e. The second-order valence-corrected chi connectivity index (χ2v) is 4.44. The fraction of sp³-hybridized carbons (Fsp3) is 0. The normalized spacial score (nSPS) is 13.1. The molecule has 2 aromatic carbocycles. The standard InChI is InChI=1S/C14H12N4O3/c15-13(17-19)9-5-1-3-7-8-4-2-6-10(14(16)18-20)12(8)21-11(7)9/h1-6,19-20H,(H2,15,17)(H2,16,18). The Bertz CT molecular complexity index is 824. The summed E-state index contributed by atoms with van der Waals surface area (Å²) < 4.78 is 5.82. The number of para-hydroxylation sites is 2. The number of oxime groups is 2. The van der Waals surface area contributed by atoms with E-state index >= 15 is 0 Å². The van der Waals surface area contributed by atoms with Crippen LogP contribution in [0, 0.1) is 0 Å². The van der Waals surface area contributed by atoms with Gasteiger partial charge < -0.3 is 26.3 Å². The average molecular weight is 284 g/mol. The molecule has 7 nitrogen and oxygen atoms in total. The summed E-state index contributed by atoms with van der Waals surface area (Å²) in [5, 5.41) is 25.3. The third-order valence-corrected chi connectivity index (χ3v) is 3.29. The van der Waals surface area contributed by atoms with Crippen molar-refractivity contribution in [3.8, 4) is 0 Å². The Morgan fingerprint density at radius 1 is 0.810 bits per heavy atom.